The monoisotopic (exact) mass is 391 g/mol. The molecule has 0 saturated carbocycles. The molecule has 0 spiro atoms. The number of imide groups is 1. The Bertz CT molecular complexity index is 895. The molecule has 2 aromatic rings. The Hall–Kier alpha value is -2.99. The lowest BCUT2D eigenvalue weighted by Crippen LogP contribution is -2.30. The highest BCUT2D eigenvalue weighted by Crippen LogP contribution is 2.32. The van der Waals surface area contributed by atoms with Crippen LogP contribution in [0.1, 0.15) is 40.2 Å². The van der Waals surface area contributed by atoms with Crippen molar-refractivity contribution in [3.8, 4) is 0 Å². The fourth-order valence-electron chi connectivity index (χ4n) is 4.27. The first kappa shape index (κ1) is 19.3. The number of carbonyl (C=O) groups excluding carboxylic acids is 3. The van der Waals surface area contributed by atoms with E-state index in [0.29, 0.717) is 25.2 Å². The van der Waals surface area contributed by atoms with Crippen LogP contribution in [-0.4, -0.2) is 47.2 Å². The molecule has 2 aliphatic rings. The number of amides is 3. The van der Waals surface area contributed by atoms with E-state index in [9.17, 15) is 14.4 Å². The highest BCUT2D eigenvalue weighted by Gasteiger charge is 2.35. The van der Waals surface area contributed by atoms with E-state index in [-0.39, 0.29) is 48.9 Å². The summed E-state index contributed by atoms with van der Waals surface area (Å²) in [5, 5.41) is 0. The quantitative estimate of drug-likeness (QED) is 0.792. The molecule has 3 amide bonds. The minimum absolute atomic E-state index is 0.0123. The van der Waals surface area contributed by atoms with Crippen molar-refractivity contribution in [2.24, 2.45) is 11.7 Å². The largest absolute Gasteiger partial charge is 0.338 e. The summed E-state index contributed by atoms with van der Waals surface area (Å²) in [5.74, 6) is 0.213. The Labute approximate surface area is 170 Å². The second-order valence-electron chi connectivity index (χ2n) is 7.79. The Morgan fingerprint density at radius 2 is 1.59 bits per heavy atom. The first-order valence-corrected chi connectivity index (χ1v) is 10.0. The van der Waals surface area contributed by atoms with Crippen molar-refractivity contribution in [3.05, 3.63) is 71.3 Å². The number of hydrogen-bond donors (Lipinski definition) is 1. The lowest BCUT2D eigenvalue weighted by atomic mass is 9.89. The van der Waals surface area contributed by atoms with Crippen LogP contribution in [0, 0.1) is 5.92 Å². The molecule has 2 saturated heterocycles. The van der Waals surface area contributed by atoms with Gasteiger partial charge in [0.25, 0.3) is 5.91 Å². The molecule has 0 aliphatic carbocycles. The van der Waals surface area contributed by atoms with Crippen molar-refractivity contribution in [1.82, 2.24) is 9.80 Å². The summed E-state index contributed by atoms with van der Waals surface area (Å²) in [4.78, 5) is 39.7. The van der Waals surface area contributed by atoms with Crippen molar-refractivity contribution in [2.45, 2.75) is 25.3 Å². The molecule has 2 aliphatic heterocycles. The van der Waals surface area contributed by atoms with Gasteiger partial charge in [-0.3, -0.25) is 19.3 Å². The molecule has 2 fully saturated rings. The fourth-order valence-corrected chi connectivity index (χ4v) is 4.27. The van der Waals surface area contributed by atoms with Crippen molar-refractivity contribution in [2.75, 3.05) is 19.6 Å². The van der Waals surface area contributed by atoms with Crippen LogP contribution in [0.3, 0.4) is 0 Å². The molecule has 4 rings (SSSR count). The van der Waals surface area contributed by atoms with Crippen molar-refractivity contribution in [1.29, 1.82) is 0 Å². The number of hydrogen-bond acceptors (Lipinski definition) is 4. The molecule has 0 bridgehead atoms. The molecule has 0 radical (unpaired) electrons. The number of carbonyl (C=O) groups is 3. The maximum absolute atomic E-state index is 13.0. The van der Waals surface area contributed by atoms with E-state index in [4.69, 9.17) is 5.73 Å². The Balaban J connectivity index is 1.44. The van der Waals surface area contributed by atoms with E-state index in [1.54, 1.807) is 12.1 Å². The predicted molar refractivity (Wildman–Crippen MR) is 109 cm³/mol. The summed E-state index contributed by atoms with van der Waals surface area (Å²) in [7, 11) is 0. The third-order valence-corrected chi connectivity index (χ3v) is 5.96. The van der Waals surface area contributed by atoms with Gasteiger partial charge in [0.05, 0.1) is 6.54 Å². The SMILES string of the molecule is NC[C@@H]1CN(C(=O)c2ccc(CN3C(=O)CCC3=O)cc2)C[C@H]1c1ccccc1. The van der Waals surface area contributed by atoms with Gasteiger partial charge in [0.15, 0.2) is 0 Å². The number of likely N-dealkylation sites (tertiary alicyclic amines) is 2. The van der Waals surface area contributed by atoms with Crippen LogP contribution in [0.15, 0.2) is 54.6 Å². The fraction of sp³-hybridized carbons (Fsp3) is 0.348. The second-order valence-corrected chi connectivity index (χ2v) is 7.79. The van der Waals surface area contributed by atoms with Gasteiger partial charge in [0.2, 0.25) is 11.8 Å². The Morgan fingerprint density at radius 3 is 2.21 bits per heavy atom. The van der Waals surface area contributed by atoms with Gasteiger partial charge in [-0.05, 0) is 35.7 Å². The lowest BCUT2D eigenvalue weighted by Gasteiger charge is -2.18. The van der Waals surface area contributed by atoms with E-state index in [0.717, 1.165) is 5.56 Å². The number of nitrogens with two attached hydrogens (primary N) is 1. The van der Waals surface area contributed by atoms with E-state index in [1.165, 1.54) is 10.5 Å². The number of rotatable bonds is 5. The van der Waals surface area contributed by atoms with Crippen LogP contribution in [-0.2, 0) is 16.1 Å². The van der Waals surface area contributed by atoms with E-state index in [1.807, 2.05) is 35.2 Å². The van der Waals surface area contributed by atoms with Crippen LogP contribution in [0.4, 0.5) is 0 Å². The summed E-state index contributed by atoms with van der Waals surface area (Å²) < 4.78 is 0. The predicted octanol–water partition coefficient (Wildman–Crippen LogP) is 2.15. The molecule has 2 aromatic carbocycles. The Kier molecular flexibility index (Phi) is 5.45. The average molecular weight is 391 g/mol. The third-order valence-electron chi connectivity index (χ3n) is 5.96. The highest BCUT2D eigenvalue weighted by atomic mass is 16.2. The van der Waals surface area contributed by atoms with Crippen LogP contribution in [0.2, 0.25) is 0 Å². The van der Waals surface area contributed by atoms with Crippen LogP contribution < -0.4 is 5.73 Å². The third kappa shape index (κ3) is 3.93. The summed E-state index contributed by atoms with van der Waals surface area (Å²) >= 11 is 0. The minimum Gasteiger partial charge on any atom is -0.338 e. The highest BCUT2D eigenvalue weighted by molar-refractivity contribution is 6.01. The van der Waals surface area contributed by atoms with Crippen molar-refractivity contribution in [3.63, 3.8) is 0 Å². The first-order chi connectivity index (χ1) is 14.1. The smallest absolute Gasteiger partial charge is 0.253 e. The van der Waals surface area contributed by atoms with Gasteiger partial charge in [-0.1, -0.05) is 42.5 Å². The van der Waals surface area contributed by atoms with Gasteiger partial charge in [0.1, 0.15) is 0 Å². The van der Waals surface area contributed by atoms with E-state index in [2.05, 4.69) is 12.1 Å². The summed E-state index contributed by atoms with van der Waals surface area (Å²) in [5.41, 5.74) is 8.65. The molecule has 2 atom stereocenters. The molecule has 6 nitrogen and oxygen atoms in total. The van der Waals surface area contributed by atoms with Crippen molar-refractivity contribution < 1.29 is 14.4 Å². The summed E-state index contributed by atoms with van der Waals surface area (Å²) in [6, 6.07) is 17.4. The second kappa shape index (κ2) is 8.17. The van der Waals surface area contributed by atoms with E-state index < -0.39 is 0 Å². The number of benzene rings is 2. The summed E-state index contributed by atoms with van der Waals surface area (Å²) in [6.07, 6.45) is 0.574. The molecule has 0 aromatic heterocycles. The van der Waals surface area contributed by atoms with Gasteiger partial charge < -0.3 is 10.6 Å². The molecule has 29 heavy (non-hydrogen) atoms. The normalized spacial score (nSPS) is 21.8. The maximum atomic E-state index is 13.0. The lowest BCUT2D eigenvalue weighted by molar-refractivity contribution is -0.139. The molecule has 150 valence electrons. The molecule has 0 unspecified atom stereocenters. The maximum Gasteiger partial charge on any atom is 0.253 e. The van der Waals surface area contributed by atoms with Gasteiger partial charge >= 0.3 is 0 Å². The zero-order valence-corrected chi connectivity index (χ0v) is 16.3. The number of nitrogens with zero attached hydrogens (tertiary/aromatic N) is 2. The molecular formula is C23H25N3O3. The molecule has 2 N–H and O–H groups in total. The van der Waals surface area contributed by atoms with Crippen LogP contribution in [0.25, 0.3) is 0 Å². The standard InChI is InChI=1S/C23H25N3O3/c24-12-19-14-25(15-20(19)17-4-2-1-3-5-17)23(29)18-8-6-16(7-9-18)13-26-21(27)10-11-22(26)28/h1-9,19-20H,10-15,24H2/t19-,20+/m1/s1. The topological polar surface area (TPSA) is 83.7 Å². The van der Waals surface area contributed by atoms with Gasteiger partial charge in [0, 0.05) is 37.4 Å². The van der Waals surface area contributed by atoms with Crippen LogP contribution >= 0.6 is 0 Å². The van der Waals surface area contributed by atoms with Crippen LogP contribution in [0.5, 0.6) is 0 Å². The van der Waals surface area contributed by atoms with Crippen molar-refractivity contribution >= 4 is 17.7 Å². The van der Waals surface area contributed by atoms with Gasteiger partial charge in [-0.25, -0.2) is 0 Å². The van der Waals surface area contributed by atoms with Gasteiger partial charge in [-0.15, -0.1) is 0 Å². The van der Waals surface area contributed by atoms with Gasteiger partial charge in [-0.2, -0.15) is 0 Å². The van der Waals surface area contributed by atoms with E-state index >= 15 is 0 Å². The minimum atomic E-state index is -0.132. The Morgan fingerprint density at radius 1 is 0.931 bits per heavy atom. The molecule has 2 heterocycles. The zero-order chi connectivity index (χ0) is 20.4. The average Bonchev–Trinajstić information content (AvgIpc) is 3.33. The zero-order valence-electron chi connectivity index (χ0n) is 16.3. The molecule has 6 heteroatoms. The molecular weight excluding hydrogens is 366 g/mol. The first-order valence-electron chi connectivity index (χ1n) is 10.0. The summed E-state index contributed by atoms with van der Waals surface area (Å²) in [6.45, 7) is 2.11.